The zero-order valence-electron chi connectivity index (χ0n) is 12.4. The van der Waals surface area contributed by atoms with Crippen LogP contribution < -0.4 is 4.72 Å². The normalized spacial score (nSPS) is 13.5. The van der Waals surface area contributed by atoms with Crippen LogP contribution >= 0.6 is 11.3 Å². The minimum atomic E-state index is -3.57. The van der Waals surface area contributed by atoms with Gasteiger partial charge in [0.05, 0.1) is 6.33 Å². The highest BCUT2D eigenvalue weighted by molar-refractivity contribution is 7.89. The van der Waals surface area contributed by atoms with Gasteiger partial charge >= 0.3 is 0 Å². The quantitative estimate of drug-likeness (QED) is 0.779. The van der Waals surface area contributed by atoms with Crippen molar-refractivity contribution in [2.24, 2.45) is 7.05 Å². The number of fused-ring (bicyclic) bond motifs is 1. The van der Waals surface area contributed by atoms with E-state index < -0.39 is 10.0 Å². The lowest BCUT2D eigenvalue weighted by atomic mass is 10.1. The summed E-state index contributed by atoms with van der Waals surface area (Å²) < 4.78 is 30.1. The SMILES string of the molecule is CC(Cc1csc2ccccc12)NS(=O)(=O)c1cn(C)cn1. The van der Waals surface area contributed by atoms with Gasteiger partial charge in [0.1, 0.15) is 0 Å². The second kappa shape index (κ2) is 5.83. The molecule has 0 saturated heterocycles. The van der Waals surface area contributed by atoms with E-state index in [1.54, 1.807) is 23.0 Å². The minimum Gasteiger partial charge on any atom is -0.339 e. The van der Waals surface area contributed by atoms with Crippen LogP contribution in [0.3, 0.4) is 0 Å². The van der Waals surface area contributed by atoms with Crippen LogP contribution in [0.25, 0.3) is 10.1 Å². The van der Waals surface area contributed by atoms with Crippen LogP contribution in [0.4, 0.5) is 0 Å². The fourth-order valence-corrected chi connectivity index (χ4v) is 4.62. The van der Waals surface area contributed by atoms with E-state index in [4.69, 9.17) is 0 Å². The molecule has 1 aromatic carbocycles. The first kappa shape index (κ1) is 15.2. The smallest absolute Gasteiger partial charge is 0.259 e. The van der Waals surface area contributed by atoms with E-state index in [1.807, 2.05) is 19.1 Å². The third kappa shape index (κ3) is 3.06. The van der Waals surface area contributed by atoms with Crippen molar-refractivity contribution < 1.29 is 8.42 Å². The number of benzene rings is 1. The standard InChI is InChI=1S/C15H17N3O2S2/c1-11(17-22(19,20)15-8-18(2)10-16-15)7-12-9-21-14-6-4-3-5-13(12)14/h3-6,8-11,17H,7H2,1-2H3. The molecule has 7 heteroatoms. The number of sulfonamides is 1. The van der Waals surface area contributed by atoms with E-state index in [2.05, 4.69) is 27.2 Å². The number of hydrogen-bond acceptors (Lipinski definition) is 4. The summed E-state index contributed by atoms with van der Waals surface area (Å²) in [6, 6.07) is 7.95. The molecule has 0 aliphatic heterocycles. The molecule has 1 N–H and O–H groups in total. The summed E-state index contributed by atoms with van der Waals surface area (Å²) in [6.45, 7) is 1.87. The number of aryl methyl sites for hydroxylation is 1. The van der Waals surface area contributed by atoms with Gasteiger partial charge in [-0.25, -0.2) is 18.1 Å². The van der Waals surface area contributed by atoms with Gasteiger partial charge in [0, 0.05) is 24.0 Å². The molecule has 0 fully saturated rings. The second-order valence-corrected chi connectivity index (χ2v) is 7.93. The topological polar surface area (TPSA) is 64.0 Å². The molecule has 0 amide bonds. The molecule has 0 spiro atoms. The summed E-state index contributed by atoms with van der Waals surface area (Å²) in [4.78, 5) is 3.90. The van der Waals surface area contributed by atoms with E-state index in [0.717, 1.165) is 5.56 Å². The van der Waals surface area contributed by atoms with E-state index in [-0.39, 0.29) is 11.1 Å². The van der Waals surface area contributed by atoms with Gasteiger partial charge in [0.15, 0.2) is 5.03 Å². The molecular weight excluding hydrogens is 318 g/mol. The van der Waals surface area contributed by atoms with Crippen molar-refractivity contribution in [2.75, 3.05) is 0 Å². The lowest BCUT2D eigenvalue weighted by Gasteiger charge is -2.12. The lowest BCUT2D eigenvalue weighted by molar-refractivity contribution is 0.557. The lowest BCUT2D eigenvalue weighted by Crippen LogP contribution is -2.34. The predicted octanol–water partition coefficient (Wildman–Crippen LogP) is 2.54. The van der Waals surface area contributed by atoms with Crippen molar-refractivity contribution in [2.45, 2.75) is 24.4 Å². The molecule has 0 aliphatic carbocycles. The Morgan fingerprint density at radius 2 is 2.14 bits per heavy atom. The number of rotatable bonds is 5. The van der Waals surface area contributed by atoms with E-state index in [0.29, 0.717) is 6.42 Å². The van der Waals surface area contributed by atoms with Gasteiger partial charge in [-0.05, 0) is 35.7 Å². The summed E-state index contributed by atoms with van der Waals surface area (Å²) >= 11 is 1.68. The number of hydrogen-bond donors (Lipinski definition) is 1. The molecule has 0 aliphatic rings. The molecule has 1 atom stereocenters. The van der Waals surface area contributed by atoms with Gasteiger partial charge in [0.2, 0.25) is 0 Å². The van der Waals surface area contributed by atoms with Crippen molar-refractivity contribution in [3.8, 4) is 0 Å². The molecule has 5 nitrogen and oxygen atoms in total. The Morgan fingerprint density at radius 1 is 1.36 bits per heavy atom. The van der Waals surface area contributed by atoms with Crippen LogP contribution in [0.2, 0.25) is 0 Å². The molecule has 2 aromatic heterocycles. The molecular formula is C15H17N3O2S2. The fraction of sp³-hybridized carbons (Fsp3) is 0.267. The highest BCUT2D eigenvalue weighted by atomic mass is 32.2. The van der Waals surface area contributed by atoms with Crippen molar-refractivity contribution in [1.82, 2.24) is 14.3 Å². The predicted molar refractivity (Wildman–Crippen MR) is 88.5 cm³/mol. The Morgan fingerprint density at radius 3 is 2.86 bits per heavy atom. The van der Waals surface area contributed by atoms with Crippen molar-refractivity contribution in [1.29, 1.82) is 0 Å². The molecule has 0 radical (unpaired) electrons. The van der Waals surface area contributed by atoms with E-state index in [9.17, 15) is 8.42 Å². The summed E-state index contributed by atoms with van der Waals surface area (Å²) in [6.07, 6.45) is 3.62. The Bertz CT molecular complexity index is 896. The Hall–Kier alpha value is -1.70. The number of aromatic nitrogens is 2. The monoisotopic (exact) mass is 335 g/mol. The molecule has 0 saturated carbocycles. The summed E-state index contributed by atoms with van der Waals surface area (Å²) in [5, 5.41) is 3.34. The first-order valence-electron chi connectivity index (χ1n) is 6.91. The Labute approximate surface area is 133 Å². The van der Waals surface area contributed by atoms with Gasteiger partial charge in [-0.1, -0.05) is 18.2 Å². The first-order valence-corrected chi connectivity index (χ1v) is 9.27. The average molecular weight is 335 g/mol. The second-order valence-electron chi connectivity index (χ2n) is 5.36. The summed E-state index contributed by atoms with van der Waals surface area (Å²) in [5.74, 6) is 0. The van der Waals surface area contributed by atoms with Crippen LogP contribution in [0.5, 0.6) is 0 Å². The Kier molecular flexibility index (Phi) is 4.03. The largest absolute Gasteiger partial charge is 0.339 e. The van der Waals surface area contributed by atoms with Gasteiger partial charge in [-0.15, -0.1) is 11.3 Å². The maximum atomic E-state index is 12.3. The Balaban J connectivity index is 1.76. The van der Waals surface area contributed by atoms with Crippen LogP contribution in [0.15, 0.2) is 47.2 Å². The zero-order valence-corrected chi connectivity index (χ0v) is 14.0. The van der Waals surface area contributed by atoms with Gasteiger partial charge in [-0.3, -0.25) is 0 Å². The van der Waals surface area contributed by atoms with Crippen LogP contribution in [0.1, 0.15) is 12.5 Å². The third-order valence-corrected chi connectivity index (χ3v) is 5.89. The van der Waals surface area contributed by atoms with E-state index >= 15 is 0 Å². The summed E-state index contributed by atoms with van der Waals surface area (Å²) in [7, 11) is -1.83. The van der Waals surface area contributed by atoms with Crippen LogP contribution in [-0.2, 0) is 23.5 Å². The van der Waals surface area contributed by atoms with Gasteiger partial charge in [0.25, 0.3) is 10.0 Å². The molecule has 22 heavy (non-hydrogen) atoms. The zero-order chi connectivity index (χ0) is 15.7. The molecule has 0 bridgehead atoms. The average Bonchev–Trinajstić information content (AvgIpc) is 3.06. The molecule has 116 valence electrons. The minimum absolute atomic E-state index is 0.0528. The molecule has 3 aromatic rings. The number of nitrogens with zero attached hydrogens (tertiary/aromatic N) is 2. The third-order valence-electron chi connectivity index (χ3n) is 3.40. The molecule has 2 heterocycles. The van der Waals surface area contributed by atoms with Gasteiger partial charge < -0.3 is 4.57 Å². The van der Waals surface area contributed by atoms with Crippen LogP contribution in [0, 0.1) is 0 Å². The van der Waals surface area contributed by atoms with Crippen molar-refractivity contribution in [3.63, 3.8) is 0 Å². The molecule has 3 rings (SSSR count). The summed E-state index contributed by atoms with van der Waals surface area (Å²) in [5.41, 5.74) is 1.16. The van der Waals surface area contributed by atoms with Crippen molar-refractivity contribution >= 4 is 31.4 Å². The maximum Gasteiger partial charge on any atom is 0.259 e. The van der Waals surface area contributed by atoms with E-state index in [1.165, 1.54) is 22.6 Å². The fourth-order valence-electron chi connectivity index (χ4n) is 2.42. The number of imidazole rings is 1. The number of nitrogens with one attached hydrogen (secondary N) is 1. The van der Waals surface area contributed by atoms with Gasteiger partial charge in [-0.2, -0.15) is 0 Å². The van der Waals surface area contributed by atoms with Crippen LogP contribution in [-0.4, -0.2) is 24.0 Å². The van der Waals surface area contributed by atoms with Crippen molar-refractivity contribution in [3.05, 3.63) is 47.7 Å². The maximum absolute atomic E-state index is 12.3. The molecule has 1 unspecified atom stereocenters. The first-order chi connectivity index (χ1) is 10.5. The number of thiophene rings is 1. The highest BCUT2D eigenvalue weighted by Crippen LogP contribution is 2.26. The highest BCUT2D eigenvalue weighted by Gasteiger charge is 2.20.